The number of hydrogen-bond acceptors (Lipinski definition) is 7. The Hall–Kier alpha value is -3.28. The van der Waals surface area contributed by atoms with E-state index < -0.39 is 28.2 Å². The molecule has 1 amide bonds. The van der Waals surface area contributed by atoms with Gasteiger partial charge in [-0.3, -0.25) is 10.0 Å². The summed E-state index contributed by atoms with van der Waals surface area (Å²) in [4.78, 5) is 15.4. The zero-order valence-corrected chi connectivity index (χ0v) is 15.9. The molecule has 11 heteroatoms. The molecule has 1 heterocycles. The maximum absolute atomic E-state index is 14.2. The highest BCUT2D eigenvalue weighted by molar-refractivity contribution is 7.89. The summed E-state index contributed by atoms with van der Waals surface area (Å²) in [7, 11) is -2.81. The summed E-state index contributed by atoms with van der Waals surface area (Å²) in [5.41, 5.74) is 1.88. The van der Waals surface area contributed by atoms with E-state index in [0.717, 1.165) is 6.07 Å². The zero-order chi connectivity index (χ0) is 21.2. The number of benzene rings is 2. The molecule has 3 aromatic rings. The largest absolute Gasteiger partial charge is 0.494 e. The van der Waals surface area contributed by atoms with Crippen LogP contribution in [0, 0.1) is 5.82 Å². The van der Waals surface area contributed by atoms with Gasteiger partial charge in [0.05, 0.1) is 12.0 Å². The number of carbonyl (C=O) groups excluding carboxylic acids is 1. The third-order valence-corrected chi connectivity index (χ3v) is 4.94. The molecule has 0 atom stereocenters. The van der Waals surface area contributed by atoms with Crippen molar-refractivity contribution in [2.24, 2.45) is 5.14 Å². The van der Waals surface area contributed by atoms with Gasteiger partial charge in [0.1, 0.15) is 12.1 Å². The van der Waals surface area contributed by atoms with E-state index in [1.54, 1.807) is 6.07 Å². The van der Waals surface area contributed by atoms with Crippen LogP contribution >= 0.6 is 0 Å². The summed E-state index contributed by atoms with van der Waals surface area (Å²) in [6.07, 6.45) is -0.431. The Balaban J connectivity index is 2.24. The number of rotatable bonds is 6. The van der Waals surface area contributed by atoms with E-state index >= 15 is 0 Å². The van der Waals surface area contributed by atoms with Crippen molar-refractivity contribution in [3.8, 4) is 28.3 Å². The summed E-state index contributed by atoms with van der Waals surface area (Å²) < 4.78 is 48.7. The van der Waals surface area contributed by atoms with Gasteiger partial charge in [-0.2, -0.15) is 0 Å². The molecule has 3 rings (SSSR count). The normalized spacial score (nSPS) is 11.3. The fraction of sp³-hybridized carbons (Fsp3) is 0.111. The Morgan fingerprint density at radius 2 is 2.03 bits per heavy atom. The fourth-order valence-corrected chi connectivity index (χ4v) is 3.45. The van der Waals surface area contributed by atoms with E-state index in [0.29, 0.717) is 0 Å². The molecule has 0 saturated heterocycles. The Morgan fingerprint density at radius 1 is 1.31 bits per heavy atom. The van der Waals surface area contributed by atoms with Gasteiger partial charge >= 0.3 is 0 Å². The topological polar surface area (TPSA) is 145 Å². The van der Waals surface area contributed by atoms with Crippen molar-refractivity contribution in [3.05, 3.63) is 54.2 Å². The highest BCUT2D eigenvalue weighted by atomic mass is 32.2. The standard InChI is InChI=1S/C18H16FN3O6S/c1-27-13-7-6-10(8-12(13)19)17-18(28-16(21-17)9-15(23)22-24)11-4-2-3-5-14(11)29(20,25)26/h2-8,24H,9H2,1H3,(H,22,23)(H2,20,25,26). The summed E-state index contributed by atoms with van der Waals surface area (Å²) >= 11 is 0. The number of aromatic nitrogens is 1. The molecular weight excluding hydrogens is 405 g/mol. The molecule has 9 nitrogen and oxygen atoms in total. The van der Waals surface area contributed by atoms with Crippen LogP contribution < -0.4 is 15.4 Å². The van der Waals surface area contributed by atoms with Crippen LogP contribution in [0.25, 0.3) is 22.6 Å². The van der Waals surface area contributed by atoms with Gasteiger partial charge in [-0.25, -0.2) is 28.4 Å². The third kappa shape index (κ3) is 4.26. The molecule has 152 valence electrons. The summed E-state index contributed by atoms with van der Waals surface area (Å²) in [5, 5.41) is 14.0. The van der Waals surface area contributed by atoms with Crippen LogP contribution in [0.15, 0.2) is 51.8 Å². The van der Waals surface area contributed by atoms with Crippen molar-refractivity contribution >= 4 is 15.9 Å². The molecule has 0 radical (unpaired) electrons. The number of oxazole rings is 1. The lowest BCUT2D eigenvalue weighted by Gasteiger charge is -2.08. The lowest BCUT2D eigenvalue weighted by atomic mass is 10.1. The molecule has 0 unspecified atom stereocenters. The minimum atomic E-state index is -4.12. The van der Waals surface area contributed by atoms with Gasteiger partial charge in [0.25, 0.3) is 5.91 Å². The van der Waals surface area contributed by atoms with Gasteiger partial charge in [-0.05, 0) is 30.3 Å². The first-order chi connectivity index (χ1) is 13.7. The average Bonchev–Trinajstić information content (AvgIpc) is 3.10. The first-order valence-electron chi connectivity index (χ1n) is 8.13. The maximum Gasteiger partial charge on any atom is 0.252 e. The predicted molar refractivity (Wildman–Crippen MR) is 98.9 cm³/mol. The van der Waals surface area contributed by atoms with Gasteiger partial charge in [-0.1, -0.05) is 12.1 Å². The lowest BCUT2D eigenvalue weighted by Crippen LogP contribution is -2.20. The van der Waals surface area contributed by atoms with Crippen LogP contribution in [0.1, 0.15) is 5.89 Å². The van der Waals surface area contributed by atoms with Crippen molar-refractivity contribution < 1.29 is 32.0 Å². The van der Waals surface area contributed by atoms with E-state index in [1.165, 1.54) is 42.9 Å². The number of hydroxylamine groups is 1. The number of halogens is 1. The summed E-state index contributed by atoms with van der Waals surface area (Å²) in [5.74, 6) is -1.62. The van der Waals surface area contributed by atoms with Crippen LogP contribution in [0.3, 0.4) is 0 Å². The Kier molecular flexibility index (Phi) is 5.64. The van der Waals surface area contributed by atoms with E-state index in [4.69, 9.17) is 19.5 Å². The number of sulfonamides is 1. The van der Waals surface area contributed by atoms with Crippen LogP contribution in [-0.2, 0) is 21.2 Å². The monoisotopic (exact) mass is 421 g/mol. The second-order valence-electron chi connectivity index (χ2n) is 5.89. The van der Waals surface area contributed by atoms with Crippen molar-refractivity contribution in [1.82, 2.24) is 10.5 Å². The third-order valence-electron chi connectivity index (χ3n) is 3.97. The Labute approximate surface area is 164 Å². The zero-order valence-electron chi connectivity index (χ0n) is 15.0. The molecule has 29 heavy (non-hydrogen) atoms. The molecule has 0 spiro atoms. The highest BCUT2D eigenvalue weighted by Crippen LogP contribution is 2.37. The number of carbonyl (C=O) groups is 1. The number of nitrogens with zero attached hydrogens (tertiary/aromatic N) is 1. The van der Waals surface area contributed by atoms with Crippen LogP contribution in [-0.4, -0.2) is 31.6 Å². The fourth-order valence-electron chi connectivity index (χ4n) is 2.71. The van der Waals surface area contributed by atoms with Crippen molar-refractivity contribution in [3.63, 3.8) is 0 Å². The van der Waals surface area contributed by atoms with Crippen LogP contribution in [0.2, 0.25) is 0 Å². The SMILES string of the molecule is COc1ccc(-c2nc(CC(=O)NO)oc2-c2ccccc2S(N)(=O)=O)cc1F. The Morgan fingerprint density at radius 3 is 2.66 bits per heavy atom. The number of ether oxygens (including phenoxy) is 1. The van der Waals surface area contributed by atoms with Crippen molar-refractivity contribution in [2.45, 2.75) is 11.3 Å². The van der Waals surface area contributed by atoms with E-state index in [2.05, 4.69) is 4.98 Å². The molecule has 0 aliphatic rings. The van der Waals surface area contributed by atoms with Gasteiger partial charge in [0.15, 0.2) is 17.3 Å². The molecule has 0 saturated carbocycles. The van der Waals surface area contributed by atoms with Crippen molar-refractivity contribution in [1.29, 1.82) is 0 Å². The second kappa shape index (κ2) is 7.99. The number of nitrogens with two attached hydrogens (primary N) is 1. The lowest BCUT2D eigenvalue weighted by molar-refractivity contribution is -0.128. The number of amides is 1. The minimum Gasteiger partial charge on any atom is -0.494 e. The smallest absolute Gasteiger partial charge is 0.252 e. The molecule has 0 aliphatic carbocycles. The molecule has 4 N–H and O–H groups in total. The number of nitrogens with one attached hydrogen (secondary N) is 1. The molecule has 0 bridgehead atoms. The molecule has 2 aromatic carbocycles. The minimum absolute atomic E-state index is 0.00335. The van der Waals surface area contributed by atoms with Gasteiger partial charge in [0, 0.05) is 11.1 Å². The highest BCUT2D eigenvalue weighted by Gasteiger charge is 2.24. The average molecular weight is 421 g/mol. The van der Waals surface area contributed by atoms with Crippen LogP contribution in [0.4, 0.5) is 4.39 Å². The predicted octanol–water partition coefficient (Wildman–Crippen LogP) is 1.85. The summed E-state index contributed by atoms with van der Waals surface area (Å²) in [6.45, 7) is 0. The van der Waals surface area contributed by atoms with Crippen molar-refractivity contribution in [2.75, 3.05) is 7.11 Å². The Bertz CT molecular complexity index is 1180. The van der Waals surface area contributed by atoms with E-state index in [-0.39, 0.29) is 39.1 Å². The van der Waals surface area contributed by atoms with Gasteiger partial charge in [0.2, 0.25) is 15.9 Å². The molecule has 0 aliphatic heterocycles. The van der Waals surface area contributed by atoms with E-state index in [9.17, 15) is 17.6 Å². The number of hydrogen-bond donors (Lipinski definition) is 3. The first-order valence-corrected chi connectivity index (χ1v) is 9.68. The van der Waals surface area contributed by atoms with Gasteiger partial charge < -0.3 is 9.15 Å². The summed E-state index contributed by atoms with van der Waals surface area (Å²) in [6, 6.07) is 9.77. The van der Waals surface area contributed by atoms with Crippen LogP contribution in [0.5, 0.6) is 5.75 Å². The second-order valence-corrected chi connectivity index (χ2v) is 7.42. The maximum atomic E-state index is 14.2. The first kappa shape index (κ1) is 20.5. The molecular formula is C18H16FN3O6S. The van der Waals surface area contributed by atoms with Gasteiger partial charge in [-0.15, -0.1) is 0 Å². The number of methoxy groups -OCH3 is 1. The molecule has 0 fully saturated rings. The molecule has 1 aromatic heterocycles. The van der Waals surface area contributed by atoms with E-state index in [1.807, 2.05) is 0 Å². The quantitative estimate of drug-likeness (QED) is 0.407. The number of primary sulfonamides is 1.